The Kier molecular flexibility index (Phi) is 6.08. The normalized spacial score (nSPS) is 11.9. The van der Waals surface area contributed by atoms with Gasteiger partial charge in [0.1, 0.15) is 10.8 Å². The van der Waals surface area contributed by atoms with Crippen LogP contribution >= 0.6 is 22.9 Å². The summed E-state index contributed by atoms with van der Waals surface area (Å²) in [4.78, 5) is 12.6. The number of ether oxygens (including phenoxy) is 1. The van der Waals surface area contributed by atoms with Gasteiger partial charge >= 0.3 is 0 Å². The molecular weight excluding hydrogens is 382 g/mol. The summed E-state index contributed by atoms with van der Waals surface area (Å²) in [5.74, 6) is 0.470. The number of aryl methyl sites for hydroxylation is 2. The molecule has 0 saturated carbocycles. The zero-order chi connectivity index (χ0) is 19.4. The molecule has 0 aliphatic heterocycles. The van der Waals surface area contributed by atoms with Gasteiger partial charge in [-0.25, -0.2) is 0 Å². The molecule has 0 bridgehead atoms. The van der Waals surface area contributed by atoms with Gasteiger partial charge in [-0.05, 0) is 44.0 Å². The summed E-state index contributed by atoms with van der Waals surface area (Å²) in [6.07, 6.45) is -0.0589. The largest absolute Gasteiger partial charge is 0.480 e. The Labute approximate surface area is 167 Å². The molecule has 1 unspecified atom stereocenters. The van der Waals surface area contributed by atoms with E-state index in [9.17, 15) is 4.79 Å². The maximum absolute atomic E-state index is 12.6. The van der Waals surface area contributed by atoms with Gasteiger partial charge in [-0.1, -0.05) is 59.7 Å². The van der Waals surface area contributed by atoms with Gasteiger partial charge in [-0.3, -0.25) is 10.1 Å². The van der Waals surface area contributed by atoms with E-state index in [1.807, 2.05) is 51.1 Å². The molecule has 3 rings (SSSR count). The number of carbonyl (C=O) groups is 1. The number of anilines is 1. The fourth-order valence-electron chi connectivity index (χ4n) is 2.58. The van der Waals surface area contributed by atoms with E-state index in [2.05, 4.69) is 15.5 Å². The molecule has 0 fully saturated rings. The van der Waals surface area contributed by atoms with Crippen molar-refractivity contribution in [3.05, 3.63) is 58.6 Å². The summed E-state index contributed by atoms with van der Waals surface area (Å²) in [6, 6.07) is 13.2. The van der Waals surface area contributed by atoms with Crippen LogP contribution in [0.25, 0.3) is 10.6 Å². The van der Waals surface area contributed by atoms with Gasteiger partial charge in [0.25, 0.3) is 5.91 Å². The van der Waals surface area contributed by atoms with Crippen LogP contribution in [0.1, 0.15) is 24.5 Å². The molecule has 27 heavy (non-hydrogen) atoms. The van der Waals surface area contributed by atoms with Gasteiger partial charge in [-0.15, -0.1) is 10.2 Å². The average Bonchev–Trinajstić information content (AvgIpc) is 3.10. The molecule has 1 aromatic heterocycles. The van der Waals surface area contributed by atoms with Gasteiger partial charge < -0.3 is 4.74 Å². The Bertz CT molecular complexity index is 941. The minimum Gasteiger partial charge on any atom is -0.480 e. The lowest BCUT2D eigenvalue weighted by atomic mass is 10.1. The molecule has 1 atom stereocenters. The standard InChI is InChI=1S/C20H20ClN3O2S/c1-4-16(26-17-10-5-12(2)11-13(17)3)18(25)22-20-24-23-19(27-20)14-6-8-15(21)9-7-14/h5-11,16H,4H2,1-3H3,(H,22,24,25). The first-order valence-corrected chi connectivity index (χ1v) is 9.80. The van der Waals surface area contributed by atoms with Crippen molar-refractivity contribution in [1.29, 1.82) is 0 Å². The number of hydrogen-bond donors (Lipinski definition) is 1. The first-order valence-electron chi connectivity index (χ1n) is 8.60. The molecule has 0 radical (unpaired) electrons. The molecule has 7 heteroatoms. The van der Waals surface area contributed by atoms with Crippen molar-refractivity contribution in [2.75, 3.05) is 5.32 Å². The van der Waals surface area contributed by atoms with E-state index in [-0.39, 0.29) is 5.91 Å². The van der Waals surface area contributed by atoms with Crippen LogP contribution in [0.3, 0.4) is 0 Å². The zero-order valence-electron chi connectivity index (χ0n) is 15.3. The fourth-order valence-corrected chi connectivity index (χ4v) is 3.45. The number of nitrogens with one attached hydrogen (secondary N) is 1. The van der Waals surface area contributed by atoms with Crippen molar-refractivity contribution in [3.8, 4) is 16.3 Å². The number of aromatic nitrogens is 2. The maximum atomic E-state index is 12.6. The minimum absolute atomic E-state index is 0.240. The Morgan fingerprint density at radius 2 is 1.93 bits per heavy atom. The summed E-state index contributed by atoms with van der Waals surface area (Å²) < 4.78 is 5.92. The molecule has 0 aliphatic carbocycles. The molecule has 140 valence electrons. The zero-order valence-corrected chi connectivity index (χ0v) is 16.9. The number of rotatable bonds is 6. The second-order valence-corrected chi connectivity index (χ2v) is 7.61. The van der Waals surface area contributed by atoms with Crippen molar-refractivity contribution in [1.82, 2.24) is 10.2 Å². The predicted octanol–water partition coefficient (Wildman–Crippen LogP) is 5.27. The van der Waals surface area contributed by atoms with Gasteiger partial charge in [0.2, 0.25) is 5.13 Å². The van der Waals surface area contributed by atoms with E-state index in [0.29, 0.717) is 27.3 Å². The van der Waals surface area contributed by atoms with E-state index >= 15 is 0 Å². The summed E-state index contributed by atoms with van der Waals surface area (Å²) >= 11 is 7.21. The highest BCUT2D eigenvalue weighted by Gasteiger charge is 2.21. The average molecular weight is 402 g/mol. The molecule has 1 N–H and O–H groups in total. The Morgan fingerprint density at radius 3 is 2.59 bits per heavy atom. The van der Waals surface area contributed by atoms with Crippen molar-refractivity contribution in [2.24, 2.45) is 0 Å². The van der Waals surface area contributed by atoms with Crippen LogP contribution in [-0.4, -0.2) is 22.2 Å². The van der Waals surface area contributed by atoms with E-state index < -0.39 is 6.10 Å². The molecule has 0 aliphatic rings. The molecule has 3 aromatic rings. The molecule has 0 spiro atoms. The smallest absolute Gasteiger partial charge is 0.267 e. The number of halogens is 1. The second-order valence-electron chi connectivity index (χ2n) is 6.19. The summed E-state index contributed by atoms with van der Waals surface area (Å²) in [7, 11) is 0. The number of benzene rings is 2. The highest BCUT2D eigenvalue weighted by atomic mass is 35.5. The van der Waals surface area contributed by atoms with Crippen LogP contribution < -0.4 is 10.1 Å². The third-order valence-electron chi connectivity index (χ3n) is 4.01. The van der Waals surface area contributed by atoms with E-state index in [4.69, 9.17) is 16.3 Å². The molecule has 5 nitrogen and oxygen atoms in total. The number of hydrogen-bond acceptors (Lipinski definition) is 5. The number of carbonyl (C=O) groups excluding carboxylic acids is 1. The fraction of sp³-hybridized carbons (Fsp3) is 0.250. The lowest BCUT2D eigenvalue weighted by Gasteiger charge is -2.18. The van der Waals surface area contributed by atoms with Crippen molar-refractivity contribution in [2.45, 2.75) is 33.3 Å². The van der Waals surface area contributed by atoms with Crippen molar-refractivity contribution in [3.63, 3.8) is 0 Å². The van der Waals surface area contributed by atoms with Crippen LogP contribution in [0.4, 0.5) is 5.13 Å². The molecule has 1 amide bonds. The van der Waals surface area contributed by atoms with Crippen LogP contribution in [0.5, 0.6) is 5.75 Å². The topological polar surface area (TPSA) is 64.1 Å². The summed E-state index contributed by atoms with van der Waals surface area (Å²) in [5.41, 5.74) is 3.05. The van der Waals surface area contributed by atoms with Crippen molar-refractivity contribution < 1.29 is 9.53 Å². The molecule has 0 saturated heterocycles. The van der Waals surface area contributed by atoms with Crippen LogP contribution in [0, 0.1) is 13.8 Å². The highest BCUT2D eigenvalue weighted by Crippen LogP contribution is 2.28. The van der Waals surface area contributed by atoms with Crippen LogP contribution in [0.2, 0.25) is 5.02 Å². The van der Waals surface area contributed by atoms with E-state index in [0.717, 1.165) is 16.7 Å². The monoisotopic (exact) mass is 401 g/mol. The van der Waals surface area contributed by atoms with Gasteiger partial charge in [0.15, 0.2) is 6.10 Å². The quantitative estimate of drug-likeness (QED) is 0.611. The first-order chi connectivity index (χ1) is 13.0. The highest BCUT2D eigenvalue weighted by molar-refractivity contribution is 7.18. The number of amides is 1. The van der Waals surface area contributed by atoms with Crippen LogP contribution in [-0.2, 0) is 4.79 Å². The Hall–Kier alpha value is -2.44. The first kappa shape index (κ1) is 19.3. The minimum atomic E-state index is -0.603. The molecule has 2 aromatic carbocycles. The SMILES string of the molecule is CCC(Oc1ccc(C)cc1C)C(=O)Nc1nnc(-c2ccc(Cl)cc2)s1. The molecular formula is C20H20ClN3O2S. The van der Waals surface area contributed by atoms with Gasteiger partial charge in [-0.2, -0.15) is 0 Å². The third kappa shape index (κ3) is 4.84. The summed E-state index contributed by atoms with van der Waals surface area (Å²) in [6.45, 7) is 5.90. The lowest BCUT2D eigenvalue weighted by molar-refractivity contribution is -0.122. The van der Waals surface area contributed by atoms with Gasteiger partial charge in [0, 0.05) is 10.6 Å². The predicted molar refractivity (Wildman–Crippen MR) is 110 cm³/mol. The molecule has 1 heterocycles. The van der Waals surface area contributed by atoms with Crippen LogP contribution in [0.15, 0.2) is 42.5 Å². The second kappa shape index (κ2) is 8.50. The Morgan fingerprint density at radius 1 is 1.19 bits per heavy atom. The lowest BCUT2D eigenvalue weighted by Crippen LogP contribution is -2.32. The maximum Gasteiger partial charge on any atom is 0.267 e. The number of nitrogens with zero attached hydrogens (tertiary/aromatic N) is 2. The third-order valence-corrected chi connectivity index (χ3v) is 5.15. The van der Waals surface area contributed by atoms with E-state index in [1.165, 1.54) is 11.3 Å². The Balaban J connectivity index is 1.69. The summed E-state index contributed by atoms with van der Waals surface area (Å²) in [5, 5.41) is 12.8. The van der Waals surface area contributed by atoms with Gasteiger partial charge in [0.05, 0.1) is 0 Å². The van der Waals surface area contributed by atoms with E-state index in [1.54, 1.807) is 12.1 Å². The van der Waals surface area contributed by atoms with Crippen molar-refractivity contribution >= 4 is 34.0 Å².